The standard InChI is InChI=1S/C22H31F3N2O4/c1-16(28)7-3-2-4-8-20(29)26-19(15-27-13-5-6-14-27)21(30)17-9-11-18(12-10-17)31-22(23,24)25/h9-12,19,21,30H,2-8,13-15H2,1H3,(H,26,29)/t19-,21-/m1/s1. The number of rotatable bonds is 12. The highest BCUT2D eigenvalue weighted by molar-refractivity contribution is 5.76. The molecule has 9 heteroatoms. The third-order valence-electron chi connectivity index (χ3n) is 5.27. The van der Waals surface area contributed by atoms with E-state index in [4.69, 9.17) is 0 Å². The average molecular weight is 444 g/mol. The van der Waals surface area contributed by atoms with Gasteiger partial charge in [-0.05, 0) is 63.4 Å². The number of alkyl halides is 3. The average Bonchev–Trinajstić information content (AvgIpc) is 3.19. The number of amides is 1. The van der Waals surface area contributed by atoms with E-state index in [2.05, 4.69) is 15.0 Å². The van der Waals surface area contributed by atoms with Gasteiger partial charge in [-0.15, -0.1) is 13.2 Å². The molecule has 0 saturated carbocycles. The van der Waals surface area contributed by atoms with Gasteiger partial charge in [-0.1, -0.05) is 18.6 Å². The lowest BCUT2D eigenvalue weighted by Crippen LogP contribution is -2.46. The van der Waals surface area contributed by atoms with E-state index in [1.54, 1.807) is 6.92 Å². The molecule has 0 aliphatic carbocycles. The molecule has 1 amide bonds. The second-order valence-electron chi connectivity index (χ2n) is 8.01. The Morgan fingerprint density at radius 3 is 2.29 bits per heavy atom. The number of benzene rings is 1. The summed E-state index contributed by atoms with van der Waals surface area (Å²) in [5.74, 6) is -0.429. The Hall–Kier alpha value is -2.13. The topological polar surface area (TPSA) is 78.9 Å². The first-order chi connectivity index (χ1) is 14.6. The van der Waals surface area contributed by atoms with E-state index >= 15 is 0 Å². The Balaban J connectivity index is 1.96. The number of nitrogens with one attached hydrogen (secondary N) is 1. The van der Waals surface area contributed by atoms with Gasteiger partial charge < -0.3 is 24.9 Å². The van der Waals surface area contributed by atoms with E-state index in [1.165, 1.54) is 12.1 Å². The number of carbonyl (C=O) groups is 2. The van der Waals surface area contributed by atoms with E-state index in [1.807, 2.05) is 0 Å². The maximum atomic E-state index is 12.4. The second-order valence-corrected chi connectivity index (χ2v) is 8.01. The highest BCUT2D eigenvalue weighted by Gasteiger charge is 2.31. The molecular formula is C22H31F3N2O4. The zero-order chi connectivity index (χ0) is 22.9. The summed E-state index contributed by atoms with van der Waals surface area (Å²) in [5.41, 5.74) is 0.403. The Labute approximate surface area is 180 Å². The SMILES string of the molecule is CC(=O)CCCCCC(=O)N[C@H](CN1CCCC1)[C@H](O)c1ccc(OC(F)(F)F)cc1. The van der Waals surface area contributed by atoms with Crippen LogP contribution in [0.1, 0.15) is 63.5 Å². The minimum atomic E-state index is -4.78. The van der Waals surface area contributed by atoms with Crippen LogP contribution in [0, 0.1) is 0 Å². The number of likely N-dealkylation sites (tertiary alicyclic amines) is 1. The van der Waals surface area contributed by atoms with Crippen molar-refractivity contribution in [3.63, 3.8) is 0 Å². The zero-order valence-corrected chi connectivity index (χ0v) is 17.8. The number of hydrogen-bond donors (Lipinski definition) is 2. The number of Topliss-reactive ketones (excluding diaryl/α,β-unsaturated/α-hetero) is 1. The van der Waals surface area contributed by atoms with Gasteiger partial charge in [0.05, 0.1) is 6.04 Å². The number of carbonyl (C=O) groups excluding carboxylic acids is 2. The number of halogens is 3. The van der Waals surface area contributed by atoms with Crippen LogP contribution in [0.15, 0.2) is 24.3 Å². The van der Waals surface area contributed by atoms with Crippen LogP contribution in [0.5, 0.6) is 5.75 Å². The number of aliphatic hydroxyl groups is 1. The number of unbranched alkanes of at least 4 members (excludes halogenated alkanes) is 2. The molecular weight excluding hydrogens is 413 g/mol. The van der Waals surface area contributed by atoms with Crippen molar-refractivity contribution in [3.05, 3.63) is 29.8 Å². The first kappa shape index (κ1) is 25.1. The monoisotopic (exact) mass is 444 g/mol. The minimum Gasteiger partial charge on any atom is -0.406 e. The van der Waals surface area contributed by atoms with Crippen LogP contribution in [0.25, 0.3) is 0 Å². The summed E-state index contributed by atoms with van der Waals surface area (Å²) in [6.45, 7) is 3.75. The van der Waals surface area contributed by atoms with Gasteiger partial charge in [-0.25, -0.2) is 0 Å². The third kappa shape index (κ3) is 9.69. The van der Waals surface area contributed by atoms with Crippen molar-refractivity contribution in [2.24, 2.45) is 0 Å². The number of hydrogen-bond acceptors (Lipinski definition) is 5. The molecule has 1 saturated heterocycles. The van der Waals surface area contributed by atoms with Gasteiger partial charge in [0.25, 0.3) is 0 Å². The minimum absolute atomic E-state index is 0.130. The normalized spacial score (nSPS) is 16.7. The van der Waals surface area contributed by atoms with Gasteiger partial charge in [-0.2, -0.15) is 0 Å². The fourth-order valence-electron chi connectivity index (χ4n) is 3.68. The summed E-state index contributed by atoms with van der Waals surface area (Å²) in [6.07, 6.45) is -0.784. The first-order valence-electron chi connectivity index (χ1n) is 10.7. The maximum Gasteiger partial charge on any atom is 0.573 e. The maximum absolute atomic E-state index is 12.4. The molecule has 2 rings (SSSR count). The molecule has 31 heavy (non-hydrogen) atoms. The number of aliphatic hydroxyl groups excluding tert-OH is 1. The predicted molar refractivity (Wildman–Crippen MR) is 109 cm³/mol. The van der Waals surface area contributed by atoms with Gasteiger partial charge in [0, 0.05) is 19.4 Å². The van der Waals surface area contributed by atoms with Crippen molar-refractivity contribution < 1.29 is 32.6 Å². The summed E-state index contributed by atoms with van der Waals surface area (Å²) in [7, 11) is 0. The molecule has 2 N–H and O–H groups in total. The molecule has 0 spiro atoms. The smallest absolute Gasteiger partial charge is 0.406 e. The summed E-state index contributed by atoms with van der Waals surface area (Å²) >= 11 is 0. The van der Waals surface area contributed by atoms with Crippen LogP contribution in [-0.2, 0) is 9.59 Å². The van der Waals surface area contributed by atoms with Crippen LogP contribution >= 0.6 is 0 Å². The molecule has 6 nitrogen and oxygen atoms in total. The molecule has 1 aromatic carbocycles. The Morgan fingerprint density at radius 1 is 1.10 bits per heavy atom. The molecule has 0 radical (unpaired) electrons. The molecule has 174 valence electrons. The van der Waals surface area contributed by atoms with E-state index in [0.29, 0.717) is 31.4 Å². The highest BCUT2D eigenvalue weighted by atomic mass is 19.4. The summed E-state index contributed by atoms with van der Waals surface area (Å²) in [5, 5.41) is 13.7. The van der Waals surface area contributed by atoms with Gasteiger partial charge in [0.1, 0.15) is 17.6 Å². The molecule has 1 fully saturated rings. The largest absolute Gasteiger partial charge is 0.573 e. The quantitative estimate of drug-likeness (QED) is 0.480. The lowest BCUT2D eigenvalue weighted by atomic mass is 10.0. The summed E-state index contributed by atoms with van der Waals surface area (Å²) in [6, 6.07) is 4.45. The van der Waals surface area contributed by atoms with Gasteiger partial charge in [-0.3, -0.25) is 4.79 Å². The molecule has 1 heterocycles. The zero-order valence-electron chi connectivity index (χ0n) is 17.8. The predicted octanol–water partition coefficient (Wildman–Crippen LogP) is 3.74. The van der Waals surface area contributed by atoms with Crippen molar-refractivity contribution >= 4 is 11.7 Å². The molecule has 1 aliphatic heterocycles. The van der Waals surface area contributed by atoms with Crippen LogP contribution in [0.4, 0.5) is 13.2 Å². The van der Waals surface area contributed by atoms with Gasteiger partial charge in [0.2, 0.25) is 5.91 Å². The summed E-state index contributed by atoms with van der Waals surface area (Å²) in [4.78, 5) is 25.5. The number of nitrogens with zero attached hydrogens (tertiary/aromatic N) is 1. The van der Waals surface area contributed by atoms with Crippen molar-refractivity contribution in [1.29, 1.82) is 0 Å². The van der Waals surface area contributed by atoms with Crippen molar-refractivity contribution in [3.8, 4) is 5.75 Å². The second kappa shape index (κ2) is 12.0. The fourth-order valence-corrected chi connectivity index (χ4v) is 3.68. The van der Waals surface area contributed by atoms with Gasteiger partial charge >= 0.3 is 6.36 Å². The van der Waals surface area contributed by atoms with Crippen LogP contribution in [0.3, 0.4) is 0 Å². The molecule has 0 bridgehead atoms. The van der Waals surface area contributed by atoms with E-state index in [0.717, 1.165) is 50.9 Å². The summed E-state index contributed by atoms with van der Waals surface area (Å²) < 4.78 is 40.9. The van der Waals surface area contributed by atoms with E-state index < -0.39 is 18.5 Å². The number of ether oxygens (including phenoxy) is 1. The Bertz CT molecular complexity index is 704. The van der Waals surface area contributed by atoms with E-state index in [-0.39, 0.29) is 17.4 Å². The van der Waals surface area contributed by atoms with Crippen LogP contribution in [-0.4, -0.2) is 53.7 Å². The van der Waals surface area contributed by atoms with Crippen molar-refractivity contribution in [2.45, 2.75) is 70.4 Å². The Morgan fingerprint density at radius 2 is 1.71 bits per heavy atom. The molecule has 0 aromatic heterocycles. The molecule has 1 aromatic rings. The molecule has 0 unspecified atom stereocenters. The molecule has 2 atom stereocenters. The van der Waals surface area contributed by atoms with Crippen LogP contribution in [0.2, 0.25) is 0 Å². The lowest BCUT2D eigenvalue weighted by Gasteiger charge is -2.29. The van der Waals surface area contributed by atoms with Crippen molar-refractivity contribution in [2.75, 3.05) is 19.6 Å². The third-order valence-corrected chi connectivity index (χ3v) is 5.27. The fraction of sp³-hybridized carbons (Fsp3) is 0.636. The lowest BCUT2D eigenvalue weighted by molar-refractivity contribution is -0.274. The van der Waals surface area contributed by atoms with Crippen molar-refractivity contribution in [1.82, 2.24) is 10.2 Å². The van der Waals surface area contributed by atoms with Gasteiger partial charge in [0.15, 0.2) is 0 Å². The van der Waals surface area contributed by atoms with Crippen LogP contribution < -0.4 is 10.1 Å². The number of ketones is 1. The highest BCUT2D eigenvalue weighted by Crippen LogP contribution is 2.26. The molecule has 1 aliphatic rings. The first-order valence-corrected chi connectivity index (χ1v) is 10.7. The van der Waals surface area contributed by atoms with E-state index in [9.17, 15) is 27.9 Å². The Kier molecular flexibility index (Phi) is 9.77.